The van der Waals surface area contributed by atoms with Crippen molar-refractivity contribution in [3.8, 4) is 0 Å². The van der Waals surface area contributed by atoms with Gasteiger partial charge in [-0.15, -0.1) is 0 Å². The van der Waals surface area contributed by atoms with Crippen molar-refractivity contribution in [1.82, 2.24) is 4.72 Å². The normalized spacial score (nSPS) is 12.7. The number of halogens is 1. The highest BCUT2D eigenvalue weighted by molar-refractivity contribution is 7.89. The zero-order valence-electron chi connectivity index (χ0n) is 11.5. The maximum atomic E-state index is 13.7. The Labute approximate surface area is 114 Å². The zero-order valence-corrected chi connectivity index (χ0v) is 12.3. The summed E-state index contributed by atoms with van der Waals surface area (Å²) < 4.78 is 40.8. The van der Waals surface area contributed by atoms with E-state index >= 15 is 0 Å². The van der Waals surface area contributed by atoms with E-state index in [0.717, 1.165) is 6.07 Å². The van der Waals surface area contributed by atoms with Crippen LogP contribution in [0.1, 0.15) is 32.3 Å². The molecule has 1 aromatic rings. The topological polar surface area (TPSA) is 72.2 Å². The van der Waals surface area contributed by atoms with Crippen LogP contribution < -0.4 is 10.5 Å². The number of sulfonamides is 1. The van der Waals surface area contributed by atoms with Gasteiger partial charge in [-0.25, -0.2) is 17.5 Å². The fourth-order valence-electron chi connectivity index (χ4n) is 1.88. The smallest absolute Gasteiger partial charge is 0.244 e. The third-order valence-corrected chi connectivity index (χ3v) is 5.07. The van der Waals surface area contributed by atoms with Gasteiger partial charge in [-0.05, 0) is 37.5 Å². The van der Waals surface area contributed by atoms with Crippen LogP contribution in [0.15, 0.2) is 23.1 Å². The molecular formula is C13H21FN2O2S. The maximum absolute atomic E-state index is 13.7. The van der Waals surface area contributed by atoms with E-state index in [2.05, 4.69) is 4.72 Å². The van der Waals surface area contributed by atoms with E-state index in [1.54, 1.807) is 6.92 Å². The van der Waals surface area contributed by atoms with Crippen LogP contribution in [0.25, 0.3) is 0 Å². The van der Waals surface area contributed by atoms with Crippen molar-refractivity contribution in [3.05, 3.63) is 29.6 Å². The fraction of sp³-hybridized carbons (Fsp3) is 0.538. The molecule has 0 aromatic heterocycles. The second kappa shape index (κ2) is 5.98. The molecule has 0 unspecified atom stereocenters. The van der Waals surface area contributed by atoms with Crippen LogP contribution in [0, 0.1) is 12.7 Å². The van der Waals surface area contributed by atoms with Gasteiger partial charge in [0.1, 0.15) is 10.7 Å². The number of hydrogen-bond acceptors (Lipinski definition) is 3. The molecule has 6 heteroatoms. The van der Waals surface area contributed by atoms with Crippen molar-refractivity contribution in [2.45, 2.75) is 44.0 Å². The van der Waals surface area contributed by atoms with Gasteiger partial charge in [-0.1, -0.05) is 19.9 Å². The summed E-state index contributed by atoms with van der Waals surface area (Å²) >= 11 is 0. The van der Waals surface area contributed by atoms with Gasteiger partial charge in [-0.3, -0.25) is 0 Å². The predicted octanol–water partition coefficient (Wildman–Crippen LogP) is 1.93. The molecule has 0 aliphatic heterocycles. The molecule has 19 heavy (non-hydrogen) atoms. The summed E-state index contributed by atoms with van der Waals surface area (Å²) in [5.41, 5.74) is 5.62. The van der Waals surface area contributed by atoms with Gasteiger partial charge < -0.3 is 5.73 Å². The molecule has 0 saturated heterocycles. The Hall–Kier alpha value is -0.980. The predicted molar refractivity (Wildman–Crippen MR) is 73.8 cm³/mol. The summed E-state index contributed by atoms with van der Waals surface area (Å²) in [7, 11) is -3.91. The number of nitrogens with one attached hydrogen (secondary N) is 1. The van der Waals surface area contributed by atoms with Crippen LogP contribution in [-0.4, -0.2) is 20.5 Å². The van der Waals surface area contributed by atoms with E-state index in [0.29, 0.717) is 18.4 Å². The summed E-state index contributed by atoms with van der Waals surface area (Å²) in [5.74, 6) is -0.753. The van der Waals surface area contributed by atoms with Crippen LogP contribution >= 0.6 is 0 Å². The Morgan fingerprint density at radius 1 is 1.32 bits per heavy atom. The van der Waals surface area contributed by atoms with Gasteiger partial charge in [0.2, 0.25) is 10.0 Å². The van der Waals surface area contributed by atoms with Crippen LogP contribution in [0.5, 0.6) is 0 Å². The summed E-state index contributed by atoms with van der Waals surface area (Å²) in [6.45, 7) is 5.60. The van der Waals surface area contributed by atoms with Crippen LogP contribution in [-0.2, 0) is 10.0 Å². The quantitative estimate of drug-likeness (QED) is 0.840. The third-order valence-electron chi connectivity index (χ3n) is 3.47. The number of benzene rings is 1. The number of nitrogens with two attached hydrogens (primary N) is 1. The summed E-state index contributed by atoms with van der Waals surface area (Å²) in [6, 6.07) is 4.01. The molecule has 0 radical (unpaired) electrons. The van der Waals surface area contributed by atoms with E-state index in [-0.39, 0.29) is 11.4 Å². The van der Waals surface area contributed by atoms with E-state index in [4.69, 9.17) is 5.73 Å². The number of hydrogen-bond donors (Lipinski definition) is 2. The van der Waals surface area contributed by atoms with Crippen molar-refractivity contribution >= 4 is 10.0 Å². The van der Waals surface area contributed by atoms with E-state index in [1.165, 1.54) is 12.1 Å². The van der Waals surface area contributed by atoms with Crippen LogP contribution in [0.4, 0.5) is 4.39 Å². The van der Waals surface area contributed by atoms with Gasteiger partial charge in [0, 0.05) is 12.1 Å². The van der Waals surface area contributed by atoms with Gasteiger partial charge >= 0.3 is 0 Å². The summed E-state index contributed by atoms with van der Waals surface area (Å²) in [4.78, 5) is -0.327. The molecule has 0 amide bonds. The third kappa shape index (κ3) is 3.52. The highest BCUT2D eigenvalue weighted by Gasteiger charge is 2.32. The SMILES string of the molecule is CCC(CC)(CN)NS(=O)(=O)c1cc(C)ccc1F. The Kier molecular flexibility index (Phi) is 5.06. The van der Waals surface area contributed by atoms with E-state index in [9.17, 15) is 12.8 Å². The van der Waals surface area contributed by atoms with Crippen molar-refractivity contribution < 1.29 is 12.8 Å². The standard InChI is InChI=1S/C13H21FN2O2S/c1-4-13(5-2,9-15)16-19(17,18)12-8-10(3)6-7-11(12)14/h6-8,16H,4-5,9,15H2,1-3H3. The molecule has 108 valence electrons. The molecule has 0 fully saturated rings. The largest absolute Gasteiger partial charge is 0.329 e. The Morgan fingerprint density at radius 3 is 2.37 bits per heavy atom. The lowest BCUT2D eigenvalue weighted by Gasteiger charge is -2.31. The molecule has 1 aromatic carbocycles. The van der Waals surface area contributed by atoms with Crippen molar-refractivity contribution in [2.24, 2.45) is 5.73 Å². The lowest BCUT2D eigenvalue weighted by atomic mass is 9.95. The Bertz CT molecular complexity index is 531. The molecular weight excluding hydrogens is 267 g/mol. The first-order chi connectivity index (χ1) is 8.80. The van der Waals surface area contributed by atoms with E-state index in [1.807, 2.05) is 13.8 Å². The van der Waals surface area contributed by atoms with Crippen LogP contribution in [0.2, 0.25) is 0 Å². The van der Waals surface area contributed by atoms with Crippen molar-refractivity contribution in [1.29, 1.82) is 0 Å². The maximum Gasteiger partial charge on any atom is 0.244 e. The molecule has 0 heterocycles. The first-order valence-corrected chi connectivity index (χ1v) is 7.78. The van der Waals surface area contributed by atoms with Gasteiger partial charge in [0.25, 0.3) is 0 Å². The lowest BCUT2D eigenvalue weighted by molar-refractivity contribution is 0.362. The molecule has 0 aliphatic rings. The van der Waals surface area contributed by atoms with Crippen LogP contribution in [0.3, 0.4) is 0 Å². The number of aryl methyl sites for hydroxylation is 1. The molecule has 0 bridgehead atoms. The highest BCUT2D eigenvalue weighted by Crippen LogP contribution is 2.21. The van der Waals surface area contributed by atoms with Crippen molar-refractivity contribution in [2.75, 3.05) is 6.54 Å². The molecule has 0 saturated carbocycles. The molecule has 0 atom stereocenters. The zero-order chi connectivity index (χ0) is 14.7. The highest BCUT2D eigenvalue weighted by atomic mass is 32.2. The Balaban J connectivity index is 3.21. The molecule has 3 N–H and O–H groups in total. The second-order valence-corrected chi connectivity index (χ2v) is 6.38. The molecule has 4 nitrogen and oxygen atoms in total. The monoisotopic (exact) mass is 288 g/mol. The second-order valence-electron chi connectivity index (χ2n) is 4.73. The molecule has 0 aliphatic carbocycles. The minimum Gasteiger partial charge on any atom is -0.329 e. The molecule has 0 spiro atoms. The fourth-order valence-corrected chi connectivity index (χ4v) is 3.60. The van der Waals surface area contributed by atoms with Gasteiger partial charge in [0.15, 0.2) is 0 Å². The summed E-state index contributed by atoms with van der Waals surface area (Å²) in [5, 5.41) is 0. The minimum atomic E-state index is -3.91. The van der Waals surface area contributed by atoms with Gasteiger partial charge in [0.05, 0.1) is 0 Å². The molecule has 1 rings (SSSR count). The summed E-state index contributed by atoms with van der Waals surface area (Å²) in [6.07, 6.45) is 1.10. The van der Waals surface area contributed by atoms with Gasteiger partial charge in [-0.2, -0.15) is 0 Å². The lowest BCUT2D eigenvalue weighted by Crippen LogP contribution is -2.52. The number of rotatable bonds is 6. The minimum absolute atomic E-state index is 0.173. The average molecular weight is 288 g/mol. The average Bonchev–Trinajstić information content (AvgIpc) is 2.39. The Morgan fingerprint density at radius 2 is 1.89 bits per heavy atom. The van der Waals surface area contributed by atoms with Crippen molar-refractivity contribution in [3.63, 3.8) is 0 Å². The first kappa shape index (κ1) is 16.1. The first-order valence-electron chi connectivity index (χ1n) is 6.30. The van der Waals surface area contributed by atoms with E-state index < -0.39 is 21.4 Å².